The fourth-order valence-electron chi connectivity index (χ4n) is 0.774. The summed E-state index contributed by atoms with van der Waals surface area (Å²) < 4.78 is 0. The highest BCUT2D eigenvalue weighted by molar-refractivity contribution is 5.74. The van der Waals surface area contributed by atoms with Gasteiger partial charge in [0.05, 0.1) is 0 Å². The lowest BCUT2D eigenvalue weighted by atomic mass is 10.2. The second-order valence-electron chi connectivity index (χ2n) is 2.20. The monoisotopic (exact) mass is 163 g/mol. The van der Waals surface area contributed by atoms with Gasteiger partial charge in [0.2, 0.25) is 6.29 Å². The molecule has 0 aliphatic heterocycles. The molecular formula is C9H7O3. The van der Waals surface area contributed by atoms with Gasteiger partial charge in [-0.15, -0.1) is 0 Å². The molecule has 0 unspecified atom stereocenters. The first-order valence-electron chi connectivity index (χ1n) is 3.30. The zero-order valence-corrected chi connectivity index (χ0v) is 6.19. The second kappa shape index (κ2) is 3.57. The van der Waals surface area contributed by atoms with Crippen LogP contribution in [-0.2, 0) is 4.79 Å². The van der Waals surface area contributed by atoms with Crippen LogP contribution in [-0.4, -0.2) is 16.5 Å². The summed E-state index contributed by atoms with van der Waals surface area (Å²) in [5.74, 6) is -0.384. The predicted molar refractivity (Wildman–Crippen MR) is 44.5 cm³/mol. The highest BCUT2D eigenvalue weighted by Crippen LogP contribution is 2.25. The molecule has 0 fully saturated rings. The maximum Gasteiger partial charge on any atom is 0.225 e. The average molecular weight is 163 g/mol. The fraction of sp³-hybridized carbons (Fsp3) is 0. The van der Waals surface area contributed by atoms with Gasteiger partial charge in [0.1, 0.15) is 0 Å². The molecule has 0 aliphatic carbocycles. The molecule has 0 atom stereocenters. The van der Waals surface area contributed by atoms with Crippen LogP contribution < -0.4 is 0 Å². The summed E-state index contributed by atoms with van der Waals surface area (Å²) in [5, 5.41) is 17.9. The molecule has 61 valence electrons. The van der Waals surface area contributed by atoms with Crippen LogP contribution in [0.5, 0.6) is 11.5 Å². The summed E-state index contributed by atoms with van der Waals surface area (Å²) in [6, 6.07) is 4.27. The quantitative estimate of drug-likeness (QED) is 0.509. The second-order valence-corrected chi connectivity index (χ2v) is 2.20. The third kappa shape index (κ3) is 1.85. The van der Waals surface area contributed by atoms with E-state index in [1.807, 2.05) is 0 Å². The van der Waals surface area contributed by atoms with Crippen molar-refractivity contribution in [1.29, 1.82) is 0 Å². The van der Waals surface area contributed by atoms with Gasteiger partial charge in [0.15, 0.2) is 11.5 Å². The first-order valence-corrected chi connectivity index (χ1v) is 3.30. The third-order valence-corrected chi connectivity index (χ3v) is 1.34. The van der Waals surface area contributed by atoms with Crippen molar-refractivity contribution in [2.45, 2.75) is 0 Å². The summed E-state index contributed by atoms with van der Waals surface area (Å²) in [6.07, 6.45) is 4.24. The fourth-order valence-corrected chi connectivity index (χ4v) is 0.774. The average Bonchev–Trinajstić information content (AvgIpc) is 2.07. The Labute approximate surface area is 69.6 Å². The molecule has 2 N–H and O–H groups in total. The molecule has 0 saturated heterocycles. The Morgan fingerprint density at radius 2 is 2.00 bits per heavy atom. The van der Waals surface area contributed by atoms with Crippen molar-refractivity contribution >= 4 is 12.4 Å². The molecule has 3 heteroatoms. The largest absolute Gasteiger partial charge is 0.504 e. The standard InChI is InChI=1S/C9H7O3/c10-5-1-2-7-3-4-8(11)9(12)6-7/h1-4,6,11-12H. The molecule has 0 bridgehead atoms. The van der Waals surface area contributed by atoms with Crippen LogP contribution in [0, 0.1) is 0 Å². The van der Waals surface area contributed by atoms with E-state index in [9.17, 15) is 4.79 Å². The van der Waals surface area contributed by atoms with Crippen molar-refractivity contribution in [2.75, 3.05) is 0 Å². The summed E-state index contributed by atoms with van der Waals surface area (Å²) in [5.41, 5.74) is 0.633. The van der Waals surface area contributed by atoms with Gasteiger partial charge in [-0.3, -0.25) is 4.79 Å². The number of benzene rings is 1. The van der Waals surface area contributed by atoms with Crippen molar-refractivity contribution in [1.82, 2.24) is 0 Å². The van der Waals surface area contributed by atoms with Crippen molar-refractivity contribution in [2.24, 2.45) is 0 Å². The molecule has 0 aromatic heterocycles. The Morgan fingerprint density at radius 1 is 1.25 bits per heavy atom. The lowest BCUT2D eigenvalue weighted by Crippen LogP contribution is -1.73. The van der Waals surface area contributed by atoms with Crippen molar-refractivity contribution in [3.05, 3.63) is 29.8 Å². The number of hydrogen-bond donors (Lipinski definition) is 2. The minimum atomic E-state index is -0.206. The minimum Gasteiger partial charge on any atom is -0.504 e. The molecule has 0 saturated carbocycles. The molecule has 1 radical (unpaired) electrons. The van der Waals surface area contributed by atoms with Gasteiger partial charge < -0.3 is 10.2 Å². The van der Waals surface area contributed by atoms with Crippen molar-refractivity contribution < 1.29 is 15.0 Å². The van der Waals surface area contributed by atoms with Crippen LogP contribution in [0.15, 0.2) is 24.3 Å². The van der Waals surface area contributed by atoms with Crippen LogP contribution in [0.2, 0.25) is 0 Å². The summed E-state index contributed by atoms with van der Waals surface area (Å²) in [6.45, 7) is 0. The predicted octanol–water partition coefficient (Wildman–Crippen LogP) is 1.22. The van der Waals surface area contributed by atoms with E-state index in [-0.39, 0.29) is 11.5 Å². The molecule has 0 aliphatic rings. The molecule has 0 spiro atoms. The van der Waals surface area contributed by atoms with E-state index in [0.29, 0.717) is 5.56 Å². The minimum absolute atomic E-state index is 0.178. The molecule has 1 rings (SSSR count). The van der Waals surface area contributed by atoms with Crippen molar-refractivity contribution in [3.63, 3.8) is 0 Å². The van der Waals surface area contributed by atoms with Gasteiger partial charge >= 0.3 is 0 Å². The van der Waals surface area contributed by atoms with Gasteiger partial charge in [-0.2, -0.15) is 0 Å². The van der Waals surface area contributed by atoms with Gasteiger partial charge in [0.25, 0.3) is 0 Å². The van der Waals surface area contributed by atoms with Gasteiger partial charge in [0, 0.05) is 0 Å². The normalized spacial score (nSPS) is 10.3. The summed E-state index contributed by atoms with van der Waals surface area (Å²) in [7, 11) is 0. The molecule has 3 nitrogen and oxygen atoms in total. The molecule has 1 aromatic carbocycles. The van der Waals surface area contributed by atoms with E-state index in [0.717, 1.165) is 0 Å². The van der Waals surface area contributed by atoms with Crippen LogP contribution in [0.1, 0.15) is 5.56 Å². The first-order chi connectivity index (χ1) is 5.74. The van der Waals surface area contributed by atoms with Crippen LogP contribution in [0.3, 0.4) is 0 Å². The molecular weight excluding hydrogens is 156 g/mol. The van der Waals surface area contributed by atoms with Crippen LogP contribution >= 0.6 is 0 Å². The van der Waals surface area contributed by atoms with Gasteiger partial charge in [-0.25, -0.2) is 0 Å². The van der Waals surface area contributed by atoms with E-state index in [1.165, 1.54) is 24.3 Å². The number of phenols is 2. The number of allylic oxidation sites excluding steroid dienone is 1. The molecule has 12 heavy (non-hydrogen) atoms. The van der Waals surface area contributed by atoms with E-state index in [1.54, 1.807) is 12.4 Å². The summed E-state index contributed by atoms with van der Waals surface area (Å²) in [4.78, 5) is 9.81. The number of aromatic hydroxyl groups is 2. The topological polar surface area (TPSA) is 57.5 Å². The lowest BCUT2D eigenvalue weighted by Gasteiger charge is -1.97. The Morgan fingerprint density at radius 3 is 2.58 bits per heavy atom. The van der Waals surface area contributed by atoms with E-state index < -0.39 is 0 Å². The van der Waals surface area contributed by atoms with Gasteiger partial charge in [-0.1, -0.05) is 12.1 Å². The Bertz CT molecular complexity index is 316. The Balaban J connectivity index is 2.96. The van der Waals surface area contributed by atoms with Gasteiger partial charge in [-0.05, 0) is 23.8 Å². The molecule has 1 aromatic rings. The number of carbonyl (C=O) groups excluding carboxylic acids is 1. The van der Waals surface area contributed by atoms with Crippen molar-refractivity contribution in [3.8, 4) is 11.5 Å². The maximum absolute atomic E-state index is 9.81. The summed E-state index contributed by atoms with van der Waals surface area (Å²) >= 11 is 0. The smallest absolute Gasteiger partial charge is 0.225 e. The molecule has 0 heterocycles. The van der Waals surface area contributed by atoms with Crippen LogP contribution in [0.25, 0.3) is 6.08 Å². The lowest BCUT2D eigenvalue weighted by molar-refractivity contribution is 0.403. The SMILES string of the molecule is O=[C]C=Cc1ccc(O)c(O)c1. The molecule has 0 amide bonds. The van der Waals surface area contributed by atoms with Crippen LogP contribution in [0.4, 0.5) is 0 Å². The number of rotatable bonds is 2. The Hall–Kier alpha value is -1.77. The first kappa shape index (κ1) is 8.33. The van der Waals surface area contributed by atoms with E-state index >= 15 is 0 Å². The van der Waals surface area contributed by atoms with E-state index in [2.05, 4.69) is 0 Å². The van der Waals surface area contributed by atoms with E-state index in [4.69, 9.17) is 10.2 Å². The zero-order valence-electron chi connectivity index (χ0n) is 6.19. The number of hydrogen-bond acceptors (Lipinski definition) is 3. The third-order valence-electron chi connectivity index (χ3n) is 1.34. The number of phenolic OH excluding ortho intramolecular Hbond substituents is 2. The zero-order chi connectivity index (χ0) is 8.97. The highest BCUT2D eigenvalue weighted by atomic mass is 16.3. The Kier molecular flexibility index (Phi) is 2.48. The highest BCUT2D eigenvalue weighted by Gasteiger charge is 1.96. The maximum atomic E-state index is 9.81.